The Morgan fingerprint density at radius 3 is 2.60 bits per heavy atom. The predicted octanol–water partition coefficient (Wildman–Crippen LogP) is 1.32. The summed E-state index contributed by atoms with van der Waals surface area (Å²) in [4.78, 5) is 23.3. The van der Waals surface area contributed by atoms with Gasteiger partial charge in [-0.05, 0) is 55.2 Å². The van der Waals surface area contributed by atoms with Crippen molar-refractivity contribution in [3.63, 3.8) is 0 Å². The fourth-order valence-electron chi connectivity index (χ4n) is 4.24. The van der Waals surface area contributed by atoms with E-state index in [0.29, 0.717) is 24.1 Å². The van der Waals surface area contributed by atoms with Crippen LogP contribution in [0.4, 0.5) is 0 Å². The van der Waals surface area contributed by atoms with Crippen LogP contribution in [0.25, 0.3) is 0 Å². The number of primary amides is 1. The van der Waals surface area contributed by atoms with Gasteiger partial charge in [0.25, 0.3) is 5.91 Å². The number of fused-ring (bicyclic) bond motifs is 2. The van der Waals surface area contributed by atoms with Crippen LogP contribution < -0.4 is 21.5 Å². The van der Waals surface area contributed by atoms with Gasteiger partial charge >= 0.3 is 0 Å². The van der Waals surface area contributed by atoms with Crippen molar-refractivity contribution in [2.24, 2.45) is 29.2 Å². The van der Waals surface area contributed by atoms with Gasteiger partial charge in [0.15, 0.2) is 6.61 Å². The molecule has 2 unspecified atom stereocenters. The molecule has 136 valence electrons. The molecule has 2 fully saturated rings. The minimum Gasteiger partial charge on any atom is -0.484 e. The van der Waals surface area contributed by atoms with E-state index in [1.54, 1.807) is 6.07 Å². The van der Waals surface area contributed by atoms with Crippen LogP contribution in [0.15, 0.2) is 24.3 Å². The normalized spacial score (nSPS) is 28.2. The number of nitrogens with two attached hydrogens (primary N) is 2. The van der Waals surface area contributed by atoms with Crippen LogP contribution in [0.5, 0.6) is 5.75 Å². The van der Waals surface area contributed by atoms with Crippen LogP contribution in [0, 0.1) is 17.8 Å². The van der Waals surface area contributed by atoms with Crippen molar-refractivity contribution in [3.05, 3.63) is 29.8 Å². The zero-order valence-electron chi connectivity index (χ0n) is 14.4. The van der Waals surface area contributed by atoms with Gasteiger partial charge in [-0.2, -0.15) is 0 Å². The average molecular weight is 345 g/mol. The van der Waals surface area contributed by atoms with E-state index in [4.69, 9.17) is 16.2 Å². The molecule has 6 nitrogen and oxygen atoms in total. The largest absolute Gasteiger partial charge is 0.484 e. The van der Waals surface area contributed by atoms with Gasteiger partial charge in [-0.3, -0.25) is 9.59 Å². The summed E-state index contributed by atoms with van der Waals surface area (Å²) in [6.07, 6.45) is 5.37. The van der Waals surface area contributed by atoms with Crippen molar-refractivity contribution in [3.8, 4) is 5.75 Å². The molecular formula is C19H27N3O3. The Bertz CT molecular complexity index is 620. The number of carbonyl (C=O) groups excluding carboxylic acids is 2. The summed E-state index contributed by atoms with van der Waals surface area (Å²) in [6.45, 7) is 0.297. The number of hydrogen-bond acceptors (Lipinski definition) is 4. The molecule has 1 aromatic carbocycles. The number of benzene rings is 1. The molecule has 5 N–H and O–H groups in total. The van der Waals surface area contributed by atoms with Crippen molar-refractivity contribution < 1.29 is 14.3 Å². The molecule has 25 heavy (non-hydrogen) atoms. The molecule has 0 aliphatic heterocycles. The molecule has 0 aromatic heterocycles. The van der Waals surface area contributed by atoms with Gasteiger partial charge in [0.05, 0.1) is 0 Å². The summed E-state index contributed by atoms with van der Waals surface area (Å²) in [5, 5.41) is 3.04. The molecule has 0 spiro atoms. The van der Waals surface area contributed by atoms with Gasteiger partial charge in [-0.25, -0.2) is 0 Å². The summed E-state index contributed by atoms with van der Waals surface area (Å²) >= 11 is 0. The van der Waals surface area contributed by atoms with E-state index in [1.165, 1.54) is 6.42 Å². The minimum atomic E-state index is -0.514. The Kier molecular flexibility index (Phi) is 5.58. The van der Waals surface area contributed by atoms with Gasteiger partial charge < -0.3 is 21.5 Å². The first-order valence-corrected chi connectivity index (χ1v) is 9.06. The van der Waals surface area contributed by atoms with E-state index in [0.717, 1.165) is 31.2 Å². The van der Waals surface area contributed by atoms with Crippen LogP contribution in [0.3, 0.4) is 0 Å². The van der Waals surface area contributed by atoms with Gasteiger partial charge in [0.2, 0.25) is 5.91 Å². The van der Waals surface area contributed by atoms with Crippen LogP contribution in [-0.2, 0) is 16.1 Å². The summed E-state index contributed by atoms with van der Waals surface area (Å²) in [7, 11) is 0. The Labute approximate surface area is 148 Å². The van der Waals surface area contributed by atoms with E-state index in [9.17, 15) is 9.59 Å². The smallest absolute Gasteiger partial charge is 0.255 e. The molecule has 3 rings (SSSR count). The third-order valence-electron chi connectivity index (χ3n) is 5.53. The minimum absolute atomic E-state index is 0.0735. The van der Waals surface area contributed by atoms with Crippen LogP contribution in [-0.4, -0.2) is 24.5 Å². The Balaban J connectivity index is 1.52. The van der Waals surface area contributed by atoms with Gasteiger partial charge in [0.1, 0.15) is 5.75 Å². The molecule has 1 aromatic rings. The maximum atomic E-state index is 12.6. The molecule has 0 radical (unpaired) electrons. The first-order chi connectivity index (χ1) is 12.0. The molecule has 0 heterocycles. The maximum Gasteiger partial charge on any atom is 0.255 e. The van der Waals surface area contributed by atoms with Crippen molar-refractivity contribution >= 4 is 11.8 Å². The monoisotopic (exact) mass is 345 g/mol. The summed E-state index contributed by atoms with van der Waals surface area (Å²) in [5.41, 5.74) is 12.3. The number of rotatable bonds is 6. The van der Waals surface area contributed by atoms with Crippen LogP contribution >= 0.6 is 0 Å². The number of carbonyl (C=O) groups is 2. The SMILES string of the molecule is NC(=O)COc1cccc(CNC(=O)C2CC3CCCC(C2)C3N)c1. The number of nitrogens with one attached hydrogen (secondary N) is 1. The van der Waals surface area contributed by atoms with Crippen molar-refractivity contribution in [2.75, 3.05) is 6.61 Å². The van der Waals surface area contributed by atoms with E-state index >= 15 is 0 Å². The highest BCUT2D eigenvalue weighted by Crippen LogP contribution is 2.41. The fraction of sp³-hybridized carbons (Fsp3) is 0.579. The predicted molar refractivity (Wildman–Crippen MR) is 94.5 cm³/mol. The first kappa shape index (κ1) is 17.7. The Hall–Kier alpha value is -2.08. The Morgan fingerprint density at radius 2 is 1.92 bits per heavy atom. The summed E-state index contributed by atoms with van der Waals surface area (Å²) in [6, 6.07) is 7.61. The second-order valence-corrected chi connectivity index (χ2v) is 7.32. The van der Waals surface area contributed by atoms with Gasteiger partial charge in [-0.15, -0.1) is 0 Å². The van der Waals surface area contributed by atoms with Crippen molar-refractivity contribution in [1.82, 2.24) is 5.32 Å². The average Bonchev–Trinajstić information content (AvgIpc) is 2.58. The quantitative estimate of drug-likeness (QED) is 0.722. The molecule has 2 aliphatic carbocycles. The van der Waals surface area contributed by atoms with E-state index in [-0.39, 0.29) is 24.5 Å². The molecule has 6 heteroatoms. The Morgan fingerprint density at radius 1 is 1.20 bits per heavy atom. The fourth-order valence-corrected chi connectivity index (χ4v) is 4.24. The van der Waals surface area contributed by atoms with E-state index in [1.807, 2.05) is 18.2 Å². The van der Waals surface area contributed by atoms with Crippen LogP contribution in [0.2, 0.25) is 0 Å². The lowest BCUT2D eigenvalue weighted by Crippen LogP contribution is -2.49. The lowest BCUT2D eigenvalue weighted by Gasteiger charge is -2.43. The lowest BCUT2D eigenvalue weighted by atomic mass is 9.65. The van der Waals surface area contributed by atoms with Crippen molar-refractivity contribution in [1.29, 1.82) is 0 Å². The molecule has 2 aliphatic rings. The highest BCUT2D eigenvalue weighted by atomic mass is 16.5. The molecule has 2 amide bonds. The lowest BCUT2D eigenvalue weighted by molar-refractivity contribution is -0.128. The highest BCUT2D eigenvalue weighted by molar-refractivity contribution is 5.78. The maximum absolute atomic E-state index is 12.6. The zero-order chi connectivity index (χ0) is 17.8. The van der Waals surface area contributed by atoms with Gasteiger partial charge in [-0.1, -0.05) is 18.6 Å². The third-order valence-corrected chi connectivity index (χ3v) is 5.53. The summed E-state index contributed by atoms with van der Waals surface area (Å²) in [5.74, 6) is 1.24. The van der Waals surface area contributed by atoms with E-state index < -0.39 is 5.91 Å². The highest BCUT2D eigenvalue weighted by Gasteiger charge is 2.40. The number of hydrogen-bond donors (Lipinski definition) is 3. The molecule has 2 atom stereocenters. The van der Waals surface area contributed by atoms with Gasteiger partial charge in [0, 0.05) is 18.5 Å². The number of ether oxygens (including phenoxy) is 1. The second-order valence-electron chi connectivity index (χ2n) is 7.32. The summed E-state index contributed by atoms with van der Waals surface area (Å²) < 4.78 is 5.29. The molecule has 0 saturated heterocycles. The standard InChI is InChI=1S/C19H27N3O3/c20-17(23)11-25-16-6-1-3-12(7-16)10-22-19(24)15-8-13-4-2-5-14(9-15)18(13)21/h1,3,6-7,13-15,18H,2,4-5,8-11,21H2,(H2,20,23)(H,22,24). The molecule has 2 saturated carbocycles. The molecular weight excluding hydrogens is 318 g/mol. The zero-order valence-corrected chi connectivity index (χ0v) is 14.4. The van der Waals surface area contributed by atoms with Crippen LogP contribution in [0.1, 0.15) is 37.7 Å². The van der Waals surface area contributed by atoms with E-state index in [2.05, 4.69) is 5.32 Å². The topological polar surface area (TPSA) is 107 Å². The van der Waals surface area contributed by atoms with Crippen molar-refractivity contribution in [2.45, 2.75) is 44.7 Å². The second kappa shape index (κ2) is 7.87. The first-order valence-electron chi connectivity index (χ1n) is 9.06. The third kappa shape index (κ3) is 4.51. The molecule has 2 bridgehead atoms. The number of amides is 2.